The predicted octanol–water partition coefficient (Wildman–Crippen LogP) is 2.36. The van der Waals surface area contributed by atoms with Gasteiger partial charge < -0.3 is 16.0 Å². The fraction of sp³-hybridized carbons (Fsp3) is 0.412. The van der Waals surface area contributed by atoms with Crippen LogP contribution < -0.4 is 11.1 Å². The van der Waals surface area contributed by atoms with E-state index in [4.69, 9.17) is 5.73 Å². The lowest BCUT2D eigenvalue weighted by molar-refractivity contribution is -0.127. The van der Waals surface area contributed by atoms with Crippen molar-refractivity contribution in [1.82, 2.24) is 19.9 Å². The van der Waals surface area contributed by atoms with Gasteiger partial charge in [0.25, 0.3) is 0 Å². The summed E-state index contributed by atoms with van der Waals surface area (Å²) in [6.45, 7) is 3.76. The van der Waals surface area contributed by atoms with Crippen LogP contribution in [0.3, 0.4) is 0 Å². The maximum Gasteiger partial charge on any atom is 0.232 e. The van der Waals surface area contributed by atoms with Gasteiger partial charge in [0, 0.05) is 18.8 Å². The van der Waals surface area contributed by atoms with Gasteiger partial charge in [-0.1, -0.05) is 18.2 Å². The topological polar surface area (TPSA) is 97.0 Å². The van der Waals surface area contributed by atoms with E-state index in [1.54, 1.807) is 0 Å². The molecule has 3 rings (SSSR count). The predicted molar refractivity (Wildman–Crippen MR) is 101 cm³/mol. The van der Waals surface area contributed by atoms with E-state index in [1.165, 1.54) is 11.8 Å². The molecule has 1 aliphatic rings. The number of benzene rings is 1. The molecule has 8 heteroatoms. The number of carbonyl (C=O) groups is 1. The molecule has 1 aromatic carbocycles. The highest BCUT2D eigenvalue weighted by Crippen LogP contribution is 2.19. The summed E-state index contributed by atoms with van der Waals surface area (Å²) < 4.78 is 0. The molecule has 1 amide bonds. The largest absolute Gasteiger partial charge is 0.368 e. The highest BCUT2D eigenvalue weighted by atomic mass is 32.2. The summed E-state index contributed by atoms with van der Waals surface area (Å²) in [5, 5.41) is 3.17. The zero-order chi connectivity index (χ0) is 17.6. The fourth-order valence-corrected chi connectivity index (χ4v) is 3.45. The summed E-state index contributed by atoms with van der Waals surface area (Å²) in [6, 6.07) is 7.88. The van der Waals surface area contributed by atoms with Gasteiger partial charge in [-0.2, -0.15) is 15.0 Å². The number of anilines is 3. The van der Waals surface area contributed by atoms with Gasteiger partial charge in [-0.15, -0.1) is 11.8 Å². The van der Waals surface area contributed by atoms with Crippen molar-refractivity contribution in [2.45, 2.75) is 25.5 Å². The van der Waals surface area contributed by atoms with E-state index in [0.29, 0.717) is 23.3 Å². The first-order valence-corrected chi connectivity index (χ1v) is 9.46. The zero-order valence-electron chi connectivity index (χ0n) is 14.2. The second kappa shape index (κ2) is 8.15. The first-order chi connectivity index (χ1) is 12.1. The molecule has 0 atom stereocenters. The lowest BCUT2D eigenvalue weighted by Crippen LogP contribution is -2.29. The molecule has 0 spiro atoms. The van der Waals surface area contributed by atoms with E-state index in [9.17, 15) is 4.79 Å². The van der Waals surface area contributed by atoms with Crippen molar-refractivity contribution < 1.29 is 4.79 Å². The van der Waals surface area contributed by atoms with E-state index < -0.39 is 0 Å². The van der Waals surface area contributed by atoms with Crippen LogP contribution in [0.1, 0.15) is 24.2 Å². The average Bonchev–Trinajstić information content (AvgIpc) is 3.11. The van der Waals surface area contributed by atoms with Crippen LogP contribution >= 0.6 is 11.8 Å². The minimum atomic E-state index is 0.174. The molecule has 1 aromatic heterocycles. The minimum absolute atomic E-state index is 0.174. The number of likely N-dealkylation sites (tertiary alicyclic amines) is 1. The van der Waals surface area contributed by atoms with Crippen LogP contribution in [-0.2, 0) is 10.5 Å². The summed E-state index contributed by atoms with van der Waals surface area (Å²) >= 11 is 1.50. The number of aryl methyl sites for hydroxylation is 1. The standard InChI is InChI=1S/C17H22N6OS/c1-12-6-2-3-7-13(12)19-17-21-14(20-16(18)22-17)10-25-11-15(24)23-8-4-5-9-23/h2-3,6-7H,4-5,8-11H2,1H3,(H3,18,19,20,21,22). The van der Waals surface area contributed by atoms with Gasteiger partial charge in [0.1, 0.15) is 5.82 Å². The molecule has 1 saturated heterocycles. The molecule has 1 fully saturated rings. The Morgan fingerprint density at radius 3 is 2.76 bits per heavy atom. The number of para-hydroxylation sites is 1. The van der Waals surface area contributed by atoms with Crippen molar-refractivity contribution in [3.8, 4) is 0 Å². The van der Waals surface area contributed by atoms with Gasteiger partial charge in [0.15, 0.2) is 0 Å². The Hall–Kier alpha value is -2.35. The van der Waals surface area contributed by atoms with Crippen LogP contribution in [0.5, 0.6) is 0 Å². The Bertz CT molecular complexity index is 748. The normalized spacial score (nSPS) is 13.9. The monoisotopic (exact) mass is 358 g/mol. The third-order valence-corrected chi connectivity index (χ3v) is 4.92. The number of nitrogens with zero attached hydrogens (tertiary/aromatic N) is 4. The van der Waals surface area contributed by atoms with E-state index >= 15 is 0 Å². The van der Waals surface area contributed by atoms with Crippen molar-refractivity contribution in [2.24, 2.45) is 0 Å². The van der Waals surface area contributed by atoms with Crippen LogP contribution in [0.4, 0.5) is 17.6 Å². The molecule has 132 valence electrons. The Kier molecular flexibility index (Phi) is 5.70. The molecular formula is C17H22N6OS. The number of rotatable bonds is 6. The van der Waals surface area contributed by atoms with Crippen LogP contribution in [0, 0.1) is 6.92 Å². The van der Waals surface area contributed by atoms with Gasteiger partial charge in [0.05, 0.1) is 11.5 Å². The van der Waals surface area contributed by atoms with Crippen LogP contribution in [0.25, 0.3) is 0 Å². The van der Waals surface area contributed by atoms with Crippen molar-refractivity contribution in [1.29, 1.82) is 0 Å². The maximum absolute atomic E-state index is 12.1. The van der Waals surface area contributed by atoms with E-state index in [-0.39, 0.29) is 11.9 Å². The van der Waals surface area contributed by atoms with Crippen molar-refractivity contribution in [3.63, 3.8) is 0 Å². The Morgan fingerprint density at radius 1 is 1.24 bits per heavy atom. The first kappa shape index (κ1) is 17.5. The molecule has 2 aromatic rings. The second-order valence-electron chi connectivity index (χ2n) is 5.95. The Morgan fingerprint density at radius 2 is 2.00 bits per heavy atom. The number of nitrogens with one attached hydrogen (secondary N) is 1. The number of hydrogen-bond donors (Lipinski definition) is 2. The van der Waals surface area contributed by atoms with E-state index in [2.05, 4.69) is 20.3 Å². The Labute approximate surface area is 151 Å². The average molecular weight is 358 g/mol. The number of nitrogens with two attached hydrogens (primary N) is 1. The van der Waals surface area contributed by atoms with Gasteiger partial charge >= 0.3 is 0 Å². The summed E-state index contributed by atoms with van der Waals surface area (Å²) in [5.74, 6) is 2.31. The molecule has 0 saturated carbocycles. The summed E-state index contributed by atoms with van der Waals surface area (Å²) in [7, 11) is 0. The SMILES string of the molecule is Cc1ccccc1Nc1nc(N)nc(CSCC(=O)N2CCCC2)n1. The molecule has 0 radical (unpaired) electrons. The van der Waals surface area contributed by atoms with Crippen molar-refractivity contribution in [2.75, 3.05) is 29.9 Å². The van der Waals surface area contributed by atoms with E-state index in [0.717, 1.165) is 37.2 Å². The number of aromatic nitrogens is 3. The summed E-state index contributed by atoms with van der Waals surface area (Å²) in [5.41, 5.74) is 7.81. The number of hydrogen-bond acceptors (Lipinski definition) is 7. The Balaban J connectivity index is 1.59. The molecule has 25 heavy (non-hydrogen) atoms. The number of carbonyl (C=O) groups excluding carboxylic acids is 1. The molecule has 1 aliphatic heterocycles. The van der Waals surface area contributed by atoms with Gasteiger partial charge in [0.2, 0.25) is 17.8 Å². The fourth-order valence-electron chi connectivity index (χ4n) is 2.68. The van der Waals surface area contributed by atoms with Crippen LogP contribution in [0.15, 0.2) is 24.3 Å². The van der Waals surface area contributed by atoms with Crippen LogP contribution in [-0.4, -0.2) is 44.6 Å². The number of amides is 1. The zero-order valence-corrected chi connectivity index (χ0v) is 15.1. The van der Waals surface area contributed by atoms with Gasteiger partial charge in [-0.3, -0.25) is 4.79 Å². The van der Waals surface area contributed by atoms with Crippen LogP contribution in [0.2, 0.25) is 0 Å². The second-order valence-corrected chi connectivity index (χ2v) is 6.94. The number of thioether (sulfide) groups is 1. The summed E-state index contributed by atoms with van der Waals surface area (Å²) in [6.07, 6.45) is 2.21. The first-order valence-electron chi connectivity index (χ1n) is 8.30. The van der Waals surface area contributed by atoms with E-state index in [1.807, 2.05) is 36.1 Å². The highest BCUT2D eigenvalue weighted by molar-refractivity contribution is 7.99. The van der Waals surface area contributed by atoms with Crippen molar-refractivity contribution >= 4 is 35.3 Å². The molecule has 0 unspecified atom stereocenters. The van der Waals surface area contributed by atoms with Gasteiger partial charge in [-0.25, -0.2) is 0 Å². The van der Waals surface area contributed by atoms with Gasteiger partial charge in [-0.05, 0) is 31.4 Å². The smallest absolute Gasteiger partial charge is 0.232 e. The highest BCUT2D eigenvalue weighted by Gasteiger charge is 2.17. The third-order valence-electron chi connectivity index (χ3n) is 4.01. The number of nitrogen functional groups attached to an aromatic ring is 1. The summed E-state index contributed by atoms with van der Waals surface area (Å²) in [4.78, 5) is 26.7. The molecule has 0 aliphatic carbocycles. The van der Waals surface area contributed by atoms with Crippen molar-refractivity contribution in [3.05, 3.63) is 35.7 Å². The lowest BCUT2D eigenvalue weighted by Gasteiger charge is -2.14. The maximum atomic E-state index is 12.1. The molecule has 7 nitrogen and oxygen atoms in total. The molecular weight excluding hydrogens is 336 g/mol. The molecule has 0 bridgehead atoms. The molecule has 2 heterocycles. The lowest BCUT2D eigenvalue weighted by atomic mass is 10.2. The molecule has 3 N–H and O–H groups in total. The third kappa shape index (κ3) is 4.82. The quantitative estimate of drug-likeness (QED) is 0.818. The minimum Gasteiger partial charge on any atom is -0.368 e.